The summed E-state index contributed by atoms with van der Waals surface area (Å²) in [6.45, 7) is 4.30. The normalized spacial score (nSPS) is 18.6. The molecular formula is C15H20Ti. The van der Waals surface area contributed by atoms with E-state index in [1.54, 1.807) is 0 Å². The summed E-state index contributed by atoms with van der Waals surface area (Å²) >= 11 is 0. The molecule has 0 radical (unpaired) electrons. The molecule has 0 nitrogen and oxygen atoms in total. The molecule has 1 aromatic carbocycles. The third-order valence-corrected chi connectivity index (χ3v) is 3.46. The first kappa shape index (κ1) is 13.9. The van der Waals surface area contributed by atoms with E-state index in [1.807, 2.05) is 0 Å². The molecule has 0 aliphatic heterocycles. The maximum absolute atomic E-state index is 4.30. The predicted molar refractivity (Wildman–Crippen MR) is 65.3 cm³/mol. The van der Waals surface area contributed by atoms with Crippen molar-refractivity contribution in [2.24, 2.45) is 11.8 Å². The molecule has 1 aliphatic carbocycles. The number of benzene rings is 1. The molecule has 1 heteroatoms. The first-order chi connectivity index (χ1) is 7.36. The van der Waals surface area contributed by atoms with Gasteiger partial charge >= 0.3 is 21.7 Å². The van der Waals surface area contributed by atoms with E-state index in [1.165, 1.54) is 37.7 Å². The summed E-state index contributed by atoms with van der Waals surface area (Å²) in [5.74, 6) is 1.31. The Hall–Kier alpha value is -0.196. The van der Waals surface area contributed by atoms with Crippen molar-refractivity contribution in [1.29, 1.82) is 0 Å². The van der Waals surface area contributed by atoms with Gasteiger partial charge in [0.05, 0.1) is 0 Å². The molecule has 0 unspecified atom stereocenters. The van der Waals surface area contributed by atoms with Gasteiger partial charge < -0.3 is 6.92 Å². The van der Waals surface area contributed by atoms with E-state index in [2.05, 4.69) is 43.7 Å². The Morgan fingerprint density at radius 1 is 1.06 bits per heavy atom. The van der Waals surface area contributed by atoms with Crippen LogP contribution in [-0.4, -0.2) is 0 Å². The third kappa shape index (κ3) is 3.99. The van der Waals surface area contributed by atoms with Crippen LogP contribution in [0.15, 0.2) is 30.3 Å². The summed E-state index contributed by atoms with van der Waals surface area (Å²) in [5, 5.41) is 0. The van der Waals surface area contributed by atoms with Crippen molar-refractivity contribution < 1.29 is 21.7 Å². The first-order valence-corrected chi connectivity index (χ1v) is 6.09. The van der Waals surface area contributed by atoms with Crippen LogP contribution in [0.2, 0.25) is 0 Å². The molecule has 1 fully saturated rings. The van der Waals surface area contributed by atoms with Gasteiger partial charge in [0.25, 0.3) is 0 Å². The van der Waals surface area contributed by atoms with Gasteiger partial charge in [-0.3, -0.25) is 0 Å². The fraction of sp³-hybridized carbons (Fsp3) is 0.467. The fourth-order valence-corrected chi connectivity index (χ4v) is 2.51. The van der Waals surface area contributed by atoms with Crippen LogP contribution in [-0.2, 0) is 21.7 Å². The molecule has 84 valence electrons. The molecule has 0 saturated heterocycles. The Kier molecular flexibility index (Phi) is 6.23. The van der Waals surface area contributed by atoms with Crippen LogP contribution in [0, 0.1) is 25.2 Å². The van der Waals surface area contributed by atoms with Crippen molar-refractivity contribution in [1.82, 2.24) is 0 Å². The molecule has 2 rings (SSSR count). The second kappa shape index (κ2) is 7.19. The molecule has 1 aromatic rings. The van der Waals surface area contributed by atoms with Gasteiger partial charge in [-0.15, -0.1) is 12.1 Å². The molecule has 0 heterocycles. The van der Waals surface area contributed by atoms with Crippen LogP contribution in [0.4, 0.5) is 0 Å². The van der Waals surface area contributed by atoms with E-state index in [9.17, 15) is 0 Å². The Morgan fingerprint density at radius 2 is 1.69 bits per heavy atom. The number of hydrogen-bond donors (Lipinski definition) is 0. The Bertz CT molecular complexity index is 275. The van der Waals surface area contributed by atoms with Gasteiger partial charge in [0.2, 0.25) is 0 Å². The van der Waals surface area contributed by atoms with Gasteiger partial charge in [-0.25, -0.2) is 6.42 Å². The minimum absolute atomic E-state index is 0. The van der Waals surface area contributed by atoms with Crippen LogP contribution in [0.3, 0.4) is 0 Å². The fourth-order valence-electron chi connectivity index (χ4n) is 2.51. The van der Waals surface area contributed by atoms with E-state index in [4.69, 9.17) is 0 Å². The van der Waals surface area contributed by atoms with E-state index in [0.717, 1.165) is 5.92 Å². The van der Waals surface area contributed by atoms with Gasteiger partial charge in [-0.2, -0.15) is 23.6 Å². The molecule has 0 spiro atoms. The van der Waals surface area contributed by atoms with Crippen molar-refractivity contribution in [3.63, 3.8) is 0 Å². The molecule has 1 atom stereocenters. The van der Waals surface area contributed by atoms with Gasteiger partial charge in [-0.05, 0) is 0 Å². The quantitative estimate of drug-likeness (QED) is 0.553. The van der Waals surface area contributed by atoms with Gasteiger partial charge in [-0.1, -0.05) is 44.1 Å². The second-order valence-electron chi connectivity index (χ2n) is 4.64. The maximum atomic E-state index is 4.30. The maximum Gasteiger partial charge on any atom is 2.00 e. The largest absolute Gasteiger partial charge is 2.00 e. The average Bonchev–Trinajstić information content (AvgIpc) is 2.31. The van der Waals surface area contributed by atoms with Crippen LogP contribution in [0.25, 0.3) is 0 Å². The second-order valence-corrected chi connectivity index (χ2v) is 4.64. The Labute approximate surface area is 115 Å². The van der Waals surface area contributed by atoms with Crippen LogP contribution < -0.4 is 0 Å². The van der Waals surface area contributed by atoms with Gasteiger partial charge in [0.15, 0.2) is 0 Å². The summed E-state index contributed by atoms with van der Waals surface area (Å²) < 4.78 is 0. The Balaban J connectivity index is 0.00000128. The minimum atomic E-state index is 0. The van der Waals surface area contributed by atoms with Gasteiger partial charge in [0, 0.05) is 0 Å². The SMILES string of the molecule is [CH2-][C@H]([CH-]c1ccccc1)C1CCCCC1.[Ti+2]. The molecule has 1 saturated carbocycles. The summed E-state index contributed by atoms with van der Waals surface area (Å²) in [5.41, 5.74) is 1.32. The minimum Gasteiger partial charge on any atom is -0.348 e. The molecule has 0 bridgehead atoms. The topological polar surface area (TPSA) is 0 Å². The van der Waals surface area contributed by atoms with Gasteiger partial charge in [0.1, 0.15) is 0 Å². The van der Waals surface area contributed by atoms with E-state index < -0.39 is 0 Å². The van der Waals surface area contributed by atoms with Crippen LogP contribution in [0.5, 0.6) is 0 Å². The van der Waals surface area contributed by atoms with Crippen LogP contribution >= 0.6 is 0 Å². The monoisotopic (exact) mass is 248 g/mol. The third-order valence-electron chi connectivity index (χ3n) is 3.46. The number of hydrogen-bond acceptors (Lipinski definition) is 0. The van der Waals surface area contributed by atoms with Crippen molar-refractivity contribution in [3.8, 4) is 0 Å². The Morgan fingerprint density at radius 3 is 2.31 bits per heavy atom. The van der Waals surface area contributed by atoms with Crippen molar-refractivity contribution in [2.45, 2.75) is 32.1 Å². The van der Waals surface area contributed by atoms with E-state index in [-0.39, 0.29) is 21.7 Å². The zero-order chi connectivity index (χ0) is 10.5. The zero-order valence-corrected chi connectivity index (χ0v) is 11.4. The van der Waals surface area contributed by atoms with E-state index >= 15 is 0 Å². The molecular weight excluding hydrogens is 228 g/mol. The molecule has 0 aromatic heterocycles. The molecule has 1 aliphatic rings. The van der Waals surface area contributed by atoms with E-state index in [0.29, 0.717) is 5.92 Å². The van der Waals surface area contributed by atoms with Crippen LogP contribution in [0.1, 0.15) is 37.7 Å². The predicted octanol–water partition coefficient (Wildman–Crippen LogP) is 4.27. The summed E-state index contributed by atoms with van der Waals surface area (Å²) in [6.07, 6.45) is 9.30. The first-order valence-electron chi connectivity index (χ1n) is 6.09. The number of rotatable bonds is 3. The summed E-state index contributed by atoms with van der Waals surface area (Å²) in [6, 6.07) is 10.6. The smallest absolute Gasteiger partial charge is 0.348 e. The molecule has 0 amide bonds. The molecule has 0 N–H and O–H groups in total. The molecule has 16 heavy (non-hydrogen) atoms. The zero-order valence-electron chi connectivity index (χ0n) is 9.86. The van der Waals surface area contributed by atoms with Crippen molar-refractivity contribution in [3.05, 3.63) is 49.2 Å². The standard InChI is InChI=1S/C15H20.Ti/c1-13(15-10-6-3-7-11-15)12-14-8-4-2-5-9-14;/h2,4-5,8-9,12-13,15H,1,3,6-7,10-11H2;/q-2;+2/t13-;/m1./s1. The van der Waals surface area contributed by atoms with Crippen molar-refractivity contribution >= 4 is 0 Å². The summed E-state index contributed by atoms with van der Waals surface area (Å²) in [4.78, 5) is 0. The summed E-state index contributed by atoms with van der Waals surface area (Å²) in [7, 11) is 0. The van der Waals surface area contributed by atoms with Crippen molar-refractivity contribution in [2.75, 3.05) is 0 Å². The average molecular weight is 248 g/mol.